The number of morpholine rings is 1. The lowest BCUT2D eigenvalue weighted by molar-refractivity contribution is -0.131. The molecule has 2 aromatic carbocycles. The van der Waals surface area contributed by atoms with Crippen molar-refractivity contribution in [1.29, 1.82) is 0 Å². The molecule has 9 nitrogen and oxygen atoms in total. The molecule has 3 rings (SSSR count). The Balaban J connectivity index is 1.90. The second-order valence-electron chi connectivity index (χ2n) is 8.89. The van der Waals surface area contributed by atoms with E-state index in [2.05, 4.69) is 4.90 Å². The number of methoxy groups -OCH3 is 1. The molecule has 1 fully saturated rings. The number of nitrogens with zero attached hydrogens (tertiary/aromatic N) is 2. The van der Waals surface area contributed by atoms with Crippen molar-refractivity contribution in [1.82, 2.24) is 9.80 Å². The zero-order chi connectivity index (χ0) is 26.8. The summed E-state index contributed by atoms with van der Waals surface area (Å²) >= 11 is 0. The molecule has 0 radical (unpaired) electrons. The molecule has 0 aliphatic carbocycles. The van der Waals surface area contributed by atoms with Gasteiger partial charge in [-0.2, -0.15) is 0 Å². The minimum atomic E-state index is -0.421. The molecule has 202 valence electrons. The van der Waals surface area contributed by atoms with Gasteiger partial charge in [-0.1, -0.05) is 6.92 Å². The lowest BCUT2D eigenvalue weighted by Crippen LogP contribution is -2.44. The van der Waals surface area contributed by atoms with Gasteiger partial charge in [0.1, 0.15) is 17.2 Å². The Morgan fingerprint density at radius 3 is 2.35 bits per heavy atom. The van der Waals surface area contributed by atoms with E-state index in [1.165, 1.54) is 6.07 Å². The molecule has 2 N–H and O–H groups in total. The highest BCUT2D eigenvalue weighted by Crippen LogP contribution is 2.35. The van der Waals surface area contributed by atoms with E-state index < -0.39 is 5.78 Å². The van der Waals surface area contributed by atoms with Crippen LogP contribution in [0.15, 0.2) is 30.3 Å². The van der Waals surface area contributed by atoms with Gasteiger partial charge < -0.3 is 29.3 Å². The summed E-state index contributed by atoms with van der Waals surface area (Å²) in [6.07, 6.45) is 0.264. The SMILES string of the molecule is CCOc1ccc(C(=O)c2c(O)cc(O)c(CC)c2CC(=O)N(CCOC)CCN2CCOCC2)cc1. The number of rotatable bonds is 13. The molecule has 1 saturated heterocycles. The van der Waals surface area contributed by atoms with Crippen molar-refractivity contribution in [3.05, 3.63) is 52.6 Å². The lowest BCUT2D eigenvalue weighted by atomic mass is 9.89. The summed E-state index contributed by atoms with van der Waals surface area (Å²) < 4.78 is 16.1. The number of ether oxygens (including phenoxy) is 3. The first-order chi connectivity index (χ1) is 17.9. The minimum Gasteiger partial charge on any atom is -0.508 e. The fraction of sp³-hybridized carbons (Fsp3) is 0.500. The number of ketones is 1. The van der Waals surface area contributed by atoms with Gasteiger partial charge in [0.05, 0.1) is 38.4 Å². The van der Waals surface area contributed by atoms with Gasteiger partial charge in [-0.15, -0.1) is 0 Å². The smallest absolute Gasteiger partial charge is 0.227 e. The summed E-state index contributed by atoms with van der Waals surface area (Å²) in [5, 5.41) is 21.3. The lowest BCUT2D eigenvalue weighted by Gasteiger charge is -2.30. The van der Waals surface area contributed by atoms with Crippen molar-refractivity contribution >= 4 is 11.7 Å². The van der Waals surface area contributed by atoms with E-state index in [4.69, 9.17) is 14.2 Å². The summed E-state index contributed by atoms with van der Waals surface area (Å²) in [7, 11) is 1.58. The number of phenols is 2. The van der Waals surface area contributed by atoms with Gasteiger partial charge in [0.25, 0.3) is 0 Å². The van der Waals surface area contributed by atoms with Gasteiger partial charge in [-0.05, 0) is 48.7 Å². The van der Waals surface area contributed by atoms with Crippen LogP contribution in [0.5, 0.6) is 17.2 Å². The van der Waals surface area contributed by atoms with Crippen molar-refractivity contribution in [2.24, 2.45) is 0 Å². The average molecular weight is 515 g/mol. The summed E-state index contributed by atoms with van der Waals surface area (Å²) in [4.78, 5) is 31.1. The molecule has 0 saturated carbocycles. The van der Waals surface area contributed by atoms with Crippen LogP contribution >= 0.6 is 0 Å². The molecule has 9 heteroatoms. The quantitative estimate of drug-likeness (QED) is 0.393. The minimum absolute atomic E-state index is 0.0343. The van der Waals surface area contributed by atoms with Gasteiger partial charge in [-0.3, -0.25) is 14.5 Å². The fourth-order valence-corrected chi connectivity index (χ4v) is 4.52. The van der Waals surface area contributed by atoms with E-state index in [1.54, 1.807) is 36.3 Å². The second-order valence-corrected chi connectivity index (χ2v) is 8.89. The predicted molar refractivity (Wildman–Crippen MR) is 140 cm³/mol. The Bertz CT molecular complexity index is 1050. The number of phenolic OH excluding ortho intramolecular Hbond substituents is 2. The van der Waals surface area contributed by atoms with Crippen LogP contribution in [0.3, 0.4) is 0 Å². The van der Waals surface area contributed by atoms with Crippen LogP contribution in [0.2, 0.25) is 0 Å². The van der Waals surface area contributed by atoms with Crippen molar-refractivity contribution < 1.29 is 34.0 Å². The van der Waals surface area contributed by atoms with E-state index in [0.717, 1.165) is 13.1 Å². The Morgan fingerprint density at radius 2 is 1.73 bits per heavy atom. The maximum atomic E-state index is 13.5. The average Bonchev–Trinajstić information content (AvgIpc) is 2.89. The number of benzene rings is 2. The summed E-state index contributed by atoms with van der Waals surface area (Å²) in [5.41, 5.74) is 1.20. The van der Waals surface area contributed by atoms with E-state index >= 15 is 0 Å². The third-order valence-electron chi connectivity index (χ3n) is 6.55. The van der Waals surface area contributed by atoms with E-state index in [-0.39, 0.29) is 29.4 Å². The molecule has 2 aromatic rings. The summed E-state index contributed by atoms with van der Waals surface area (Å²) in [6.45, 7) is 9.15. The van der Waals surface area contributed by atoms with E-state index in [0.29, 0.717) is 74.9 Å². The second kappa shape index (κ2) is 14.0. The maximum absolute atomic E-state index is 13.5. The third kappa shape index (κ3) is 7.44. The number of hydrogen-bond donors (Lipinski definition) is 2. The molecule has 1 aliphatic heterocycles. The van der Waals surface area contributed by atoms with Crippen molar-refractivity contribution in [3.63, 3.8) is 0 Å². The highest BCUT2D eigenvalue weighted by molar-refractivity contribution is 6.12. The fourth-order valence-electron chi connectivity index (χ4n) is 4.52. The Kier molecular flexibility index (Phi) is 10.7. The molecule has 0 atom stereocenters. The van der Waals surface area contributed by atoms with Crippen LogP contribution in [0, 0.1) is 0 Å². The Hall–Kier alpha value is -3.14. The topological polar surface area (TPSA) is 109 Å². The molecule has 1 aliphatic rings. The van der Waals surface area contributed by atoms with Gasteiger partial charge >= 0.3 is 0 Å². The highest BCUT2D eigenvalue weighted by Gasteiger charge is 2.27. The molecular weight excluding hydrogens is 476 g/mol. The largest absolute Gasteiger partial charge is 0.508 e. The van der Waals surface area contributed by atoms with Crippen LogP contribution in [-0.4, -0.2) is 98.0 Å². The van der Waals surface area contributed by atoms with E-state index in [1.807, 2.05) is 13.8 Å². The number of aromatic hydroxyl groups is 2. The number of amides is 1. The molecule has 0 unspecified atom stereocenters. The monoisotopic (exact) mass is 514 g/mol. The molecular formula is C28H38N2O7. The van der Waals surface area contributed by atoms with Crippen LogP contribution in [-0.2, 0) is 27.1 Å². The van der Waals surface area contributed by atoms with Crippen LogP contribution in [0.25, 0.3) is 0 Å². The van der Waals surface area contributed by atoms with Gasteiger partial charge in [-0.25, -0.2) is 0 Å². The molecule has 37 heavy (non-hydrogen) atoms. The van der Waals surface area contributed by atoms with Gasteiger partial charge in [0.2, 0.25) is 5.91 Å². The highest BCUT2D eigenvalue weighted by atomic mass is 16.5. The molecule has 0 bridgehead atoms. The maximum Gasteiger partial charge on any atom is 0.227 e. The normalized spacial score (nSPS) is 13.9. The third-order valence-corrected chi connectivity index (χ3v) is 6.55. The first kappa shape index (κ1) is 28.4. The van der Waals surface area contributed by atoms with Crippen LogP contribution in [0.1, 0.15) is 40.9 Å². The zero-order valence-electron chi connectivity index (χ0n) is 22.0. The van der Waals surface area contributed by atoms with Gasteiger partial charge in [0.15, 0.2) is 5.78 Å². The molecule has 1 amide bonds. The zero-order valence-corrected chi connectivity index (χ0v) is 22.0. The molecule has 0 spiro atoms. The van der Waals surface area contributed by atoms with Crippen molar-refractivity contribution in [2.45, 2.75) is 26.7 Å². The molecule has 0 aromatic heterocycles. The first-order valence-electron chi connectivity index (χ1n) is 12.8. The predicted octanol–water partition coefficient (Wildman–Crippen LogP) is 2.64. The number of carbonyl (C=O) groups is 2. The first-order valence-corrected chi connectivity index (χ1v) is 12.8. The number of carbonyl (C=O) groups excluding carboxylic acids is 2. The Morgan fingerprint density at radius 1 is 1.03 bits per heavy atom. The van der Waals surface area contributed by atoms with E-state index in [9.17, 15) is 19.8 Å². The molecule has 1 heterocycles. The van der Waals surface area contributed by atoms with Gasteiger partial charge in [0, 0.05) is 51.5 Å². The van der Waals surface area contributed by atoms with Crippen LogP contribution < -0.4 is 4.74 Å². The summed E-state index contributed by atoms with van der Waals surface area (Å²) in [5.74, 6) is -0.482. The Labute approximate surface area is 218 Å². The number of hydrogen-bond acceptors (Lipinski definition) is 8. The van der Waals surface area contributed by atoms with Crippen molar-refractivity contribution in [3.8, 4) is 17.2 Å². The van der Waals surface area contributed by atoms with Crippen molar-refractivity contribution in [2.75, 3.05) is 66.3 Å². The summed E-state index contributed by atoms with van der Waals surface area (Å²) in [6, 6.07) is 7.82. The standard InChI is InChI=1S/C28H38N2O7/c1-4-22-23(18-26(33)30(14-15-35-3)11-10-29-12-16-36-17-13-29)27(25(32)19-24(22)31)28(34)20-6-8-21(9-7-20)37-5-2/h6-9,19,31-32H,4-5,10-18H2,1-3H3. The van der Waals surface area contributed by atoms with Crippen LogP contribution in [0.4, 0.5) is 0 Å².